The maximum Gasteiger partial charge on any atom is 0.407 e. The number of carbonyl (C=O) groups is 3. The Labute approximate surface area is 191 Å². The van der Waals surface area contributed by atoms with Crippen molar-refractivity contribution in [3.63, 3.8) is 0 Å². The number of amides is 2. The first kappa shape index (κ1) is 21.5. The van der Waals surface area contributed by atoms with Crippen LogP contribution in [-0.2, 0) is 19.1 Å². The summed E-state index contributed by atoms with van der Waals surface area (Å²) >= 11 is 0. The molecule has 2 N–H and O–H groups in total. The fourth-order valence-electron chi connectivity index (χ4n) is 4.90. The van der Waals surface area contributed by atoms with E-state index in [1.807, 2.05) is 24.3 Å². The molecule has 0 bridgehead atoms. The van der Waals surface area contributed by atoms with Gasteiger partial charge in [-0.1, -0.05) is 48.5 Å². The van der Waals surface area contributed by atoms with Gasteiger partial charge in [0.1, 0.15) is 12.7 Å². The second-order valence-electron chi connectivity index (χ2n) is 8.81. The Morgan fingerprint density at radius 1 is 1.00 bits per heavy atom. The number of fused-ring (bicyclic) bond motifs is 3. The van der Waals surface area contributed by atoms with Crippen molar-refractivity contribution in [3.05, 3.63) is 59.7 Å². The summed E-state index contributed by atoms with van der Waals surface area (Å²) in [5, 5.41) is 11.7. The molecule has 1 aliphatic carbocycles. The lowest BCUT2D eigenvalue weighted by molar-refractivity contribution is -0.158. The van der Waals surface area contributed by atoms with Gasteiger partial charge in [0, 0.05) is 25.6 Å². The van der Waals surface area contributed by atoms with Crippen LogP contribution in [0.25, 0.3) is 11.1 Å². The highest BCUT2D eigenvalue weighted by molar-refractivity contribution is 5.84. The summed E-state index contributed by atoms with van der Waals surface area (Å²) in [6.07, 6.45) is -0.146. The summed E-state index contributed by atoms with van der Waals surface area (Å²) in [6, 6.07) is 16.3. The molecule has 2 aromatic rings. The minimum absolute atomic E-state index is 0.000892. The van der Waals surface area contributed by atoms with Crippen LogP contribution in [0.1, 0.15) is 29.9 Å². The molecule has 0 spiro atoms. The Kier molecular flexibility index (Phi) is 5.76. The van der Waals surface area contributed by atoms with Gasteiger partial charge in [-0.3, -0.25) is 9.59 Å². The number of carboxylic acid groups (broad SMARTS) is 1. The van der Waals surface area contributed by atoms with Crippen molar-refractivity contribution in [1.82, 2.24) is 10.2 Å². The third-order valence-electron chi connectivity index (χ3n) is 6.74. The number of alkyl carbamates (subject to hydrolysis) is 1. The van der Waals surface area contributed by atoms with Gasteiger partial charge >= 0.3 is 12.1 Å². The minimum Gasteiger partial charge on any atom is -0.481 e. The molecule has 2 aliphatic heterocycles. The predicted molar refractivity (Wildman–Crippen MR) is 119 cm³/mol. The number of nitrogens with one attached hydrogen (secondary N) is 1. The Hall–Kier alpha value is -3.39. The smallest absolute Gasteiger partial charge is 0.407 e. The number of aliphatic carboxylic acids is 1. The summed E-state index contributed by atoms with van der Waals surface area (Å²) in [4.78, 5) is 37.2. The second kappa shape index (κ2) is 8.86. The zero-order valence-electron chi connectivity index (χ0n) is 18.1. The van der Waals surface area contributed by atoms with Crippen LogP contribution in [0.3, 0.4) is 0 Å². The standard InChI is InChI=1S/C25H26N2O6/c28-23(27-12-15(13-27)24(29)30)22-10-9-16(33-22)11-26-25(31)32-14-21-19-7-3-1-5-17(19)18-6-2-4-8-20(18)21/h1-8,15-16,21-22H,9-14H2,(H,26,31)(H,29,30). The van der Waals surface area contributed by atoms with Crippen LogP contribution in [0.15, 0.2) is 48.5 Å². The lowest BCUT2D eigenvalue weighted by Crippen LogP contribution is -2.55. The van der Waals surface area contributed by atoms with Crippen molar-refractivity contribution in [3.8, 4) is 11.1 Å². The van der Waals surface area contributed by atoms with Crippen molar-refractivity contribution in [2.24, 2.45) is 5.92 Å². The maximum atomic E-state index is 12.4. The summed E-state index contributed by atoms with van der Waals surface area (Å²) in [5.41, 5.74) is 4.66. The van der Waals surface area contributed by atoms with Crippen molar-refractivity contribution < 1.29 is 29.0 Å². The lowest BCUT2D eigenvalue weighted by Gasteiger charge is -2.38. The summed E-state index contributed by atoms with van der Waals surface area (Å²) < 4.78 is 11.3. The van der Waals surface area contributed by atoms with Crippen LogP contribution >= 0.6 is 0 Å². The molecule has 5 rings (SSSR count). The number of hydrogen-bond donors (Lipinski definition) is 2. The van der Waals surface area contributed by atoms with Crippen LogP contribution in [0.4, 0.5) is 4.79 Å². The van der Waals surface area contributed by atoms with Gasteiger partial charge in [-0.2, -0.15) is 0 Å². The highest BCUT2D eigenvalue weighted by Gasteiger charge is 2.41. The van der Waals surface area contributed by atoms with E-state index in [9.17, 15) is 14.4 Å². The average molecular weight is 450 g/mol. The van der Waals surface area contributed by atoms with Crippen molar-refractivity contribution in [2.75, 3.05) is 26.2 Å². The van der Waals surface area contributed by atoms with Gasteiger partial charge in [0.05, 0.1) is 12.0 Å². The normalized spacial score (nSPS) is 21.8. The van der Waals surface area contributed by atoms with E-state index in [2.05, 4.69) is 29.6 Å². The molecule has 0 saturated carbocycles. The predicted octanol–water partition coefficient (Wildman–Crippen LogP) is 2.62. The molecule has 2 fully saturated rings. The molecule has 0 aromatic heterocycles. The first-order valence-electron chi connectivity index (χ1n) is 11.3. The summed E-state index contributed by atoms with van der Waals surface area (Å²) in [7, 11) is 0. The quantitative estimate of drug-likeness (QED) is 0.701. The fourth-order valence-corrected chi connectivity index (χ4v) is 4.90. The van der Waals surface area contributed by atoms with Gasteiger partial charge in [0.2, 0.25) is 0 Å². The summed E-state index contributed by atoms with van der Waals surface area (Å²) in [6.45, 7) is 0.970. The van der Waals surface area contributed by atoms with Gasteiger partial charge in [0.25, 0.3) is 5.91 Å². The first-order valence-corrected chi connectivity index (χ1v) is 11.3. The Bertz CT molecular complexity index is 1030. The largest absolute Gasteiger partial charge is 0.481 e. The van der Waals surface area contributed by atoms with Gasteiger partial charge in [-0.25, -0.2) is 4.79 Å². The molecule has 2 heterocycles. The van der Waals surface area contributed by atoms with Gasteiger partial charge < -0.3 is 24.8 Å². The number of benzene rings is 2. The first-order chi connectivity index (χ1) is 16.0. The molecule has 172 valence electrons. The highest BCUT2D eigenvalue weighted by Crippen LogP contribution is 2.44. The number of rotatable bonds is 6. The van der Waals surface area contributed by atoms with E-state index in [0.29, 0.717) is 12.8 Å². The third kappa shape index (κ3) is 4.18. The van der Waals surface area contributed by atoms with E-state index >= 15 is 0 Å². The van der Waals surface area contributed by atoms with E-state index in [4.69, 9.17) is 14.6 Å². The second-order valence-corrected chi connectivity index (χ2v) is 8.81. The Morgan fingerprint density at radius 3 is 2.27 bits per heavy atom. The van der Waals surface area contributed by atoms with Gasteiger partial charge in [0.15, 0.2) is 0 Å². The zero-order valence-corrected chi connectivity index (χ0v) is 18.1. The number of likely N-dealkylation sites (tertiary alicyclic amines) is 1. The number of carboxylic acids is 1. The number of hydrogen-bond acceptors (Lipinski definition) is 5. The van der Waals surface area contributed by atoms with Gasteiger partial charge in [-0.15, -0.1) is 0 Å². The monoisotopic (exact) mass is 450 g/mol. The maximum absolute atomic E-state index is 12.4. The number of nitrogens with zero attached hydrogens (tertiary/aromatic N) is 1. The molecule has 8 nitrogen and oxygen atoms in total. The van der Waals surface area contributed by atoms with Crippen LogP contribution in [0.5, 0.6) is 0 Å². The minimum atomic E-state index is -0.878. The SMILES string of the molecule is O=C(NCC1CCC(C(=O)N2CC(C(=O)O)C2)O1)OCC1c2ccccc2-c2ccccc21. The molecular weight excluding hydrogens is 424 g/mol. The average Bonchev–Trinajstić information content (AvgIpc) is 3.38. The molecule has 2 atom stereocenters. The van der Waals surface area contributed by atoms with Crippen molar-refractivity contribution >= 4 is 18.0 Å². The van der Waals surface area contributed by atoms with E-state index in [1.54, 1.807) is 0 Å². The topological polar surface area (TPSA) is 105 Å². The lowest BCUT2D eigenvalue weighted by atomic mass is 9.98. The summed E-state index contributed by atoms with van der Waals surface area (Å²) in [5.74, 6) is -1.53. The number of ether oxygens (including phenoxy) is 2. The van der Waals surface area contributed by atoms with Crippen LogP contribution in [0.2, 0.25) is 0 Å². The van der Waals surface area contributed by atoms with Crippen molar-refractivity contribution in [2.45, 2.75) is 31.0 Å². The van der Waals surface area contributed by atoms with E-state index in [-0.39, 0.29) is 44.2 Å². The van der Waals surface area contributed by atoms with E-state index in [0.717, 1.165) is 11.1 Å². The van der Waals surface area contributed by atoms with E-state index < -0.39 is 24.1 Å². The molecule has 8 heteroatoms. The molecule has 0 radical (unpaired) electrons. The highest BCUT2D eigenvalue weighted by atomic mass is 16.5. The molecule has 33 heavy (non-hydrogen) atoms. The molecule has 2 amide bonds. The van der Waals surface area contributed by atoms with Crippen LogP contribution in [-0.4, -0.2) is 66.4 Å². The Morgan fingerprint density at radius 2 is 1.64 bits per heavy atom. The molecule has 3 aliphatic rings. The molecule has 2 aromatic carbocycles. The number of carbonyl (C=O) groups excluding carboxylic acids is 2. The van der Waals surface area contributed by atoms with Crippen LogP contribution < -0.4 is 5.32 Å². The third-order valence-corrected chi connectivity index (χ3v) is 6.74. The molecule has 2 saturated heterocycles. The van der Waals surface area contributed by atoms with Crippen LogP contribution in [0, 0.1) is 5.92 Å². The molecule has 2 unspecified atom stereocenters. The molecular formula is C25H26N2O6. The zero-order chi connectivity index (χ0) is 22.9. The van der Waals surface area contributed by atoms with E-state index in [1.165, 1.54) is 16.0 Å². The van der Waals surface area contributed by atoms with Gasteiger partial charge in [-0.05, 0) is 35.1 Å². The van der Waals surface area contributed by atoms with Crippen molar-refractivity contribution in [1.29, 1.82) is 0 Å². The fraction of sp³-hybridized carbons (Fsp3) is 0.400. The Balaban J connectivity index is 1.09.